The summed E-state index contributed by atoms with van der Waals surface area (Å²) in [5, 5.41) is 50.4. The van der Waals surface area contributed by atoms with Crippen molar-refractivity contribution >= 4 is 123 Å². The molecule has 1 aromatic heterocycles. The minimum atomic E-state index is -1.92. The number of nitrogens with two attached hydrogens (primary N) is 2. The number of pyridine rings is 1. The average molecular weight is 1630 g/mol. The van der Waals surface area contributed by atoms with Gasteiger partial charge in [0, 0.05) is 80.4 Å². The van der Waals surface area contributed by atoms with E-state index in [1.165, 1.54) is 79.7 Å². The number of hydrogen-bond donors (Lipinski definition) is 17. The van der Waals surface area contributed by atoms with E-state index in [2.05, 4.69) is 74.1 Å². The van der Waals surface area contributed by atoms with Crippen molar-refractivity contribution in [3.05, 3.63) is 173 Å². The molecule has 0 radical (unpaired) electrons. The van der Waals surface area contributed by atoms with Crippen LogP contribution in [0.15, 0.2) is 140 Å². The molecule has 624 valence electrons. The molecule has 0 spiro atoms. The van der Waals surface area contributed by atoms with Crippen LogP contribution >= 0.6 is 11.6 Å². The lowest BCUT2D eigenvalue weighted by Gasteiger charge is -2.31. The SMILES string of the molecule is CC(=O)N[C@H](Cc1ccc2ccccc2c1)C(=O)N[C@H](Cc1ccc(Cl)cc1)C(=O)N[C@H](Cc1cccnc1)C(=O)N[C@@H](CO)C(=O)N[C@@H](Cc1ccc(NC(=O)[C@H]2CC(=O)NC(=O)N2)cc1)C(=O)N[C@H](Cc1ccc(NC(N)=O)cc1)C(=O)N[C@@H](CC(C)C)C(=O)N[C@@H](CCCCNC(C)C)C(=O)N1CCC[C@H]1C(=O)N[C@H](C)C(N)=O. The molecule has 8 rings (SSSR count). The Labute approximate surface area is 681 Å². The Balaban J connectivity index is 1.10. The number of benzene rings is 5. The first-order valence-corrected chi connectivity index (χ1v) is 39.1. The summed E-state index contributed by atoms with van der Waals surface area (Å²) in [7, 11) is 0. The number of anilines is 2. The molecule has 34 nitrogen and oxygen atoms in total. The molecule has 117 heavy (non-hydrogen) atoms. The Hall–Kier alpha value is -12.4. The molecule has 17 amide bonds. The van der Waals surface area contributed by atoms with E-state index in [-0.39, 0.29) is 86.8 Å². The molecule has 0 unspecified atom stereocenters. The summed E-state index contributed by atoms with van der Waals surface area (Å²) in [6.07, 6.45) is 3.04. The Morgan fingerprint density at radius 3 is 1.54 bits per heavy atom. The van der Waals surface area contributed by atoms with Crippen LogP contribution in [0.25, 0.3) is 10.8 Å². The second-order valence-electron chi connectivity index (χ2n) is 29.8. The number of halogens is 1. The lowest BCUT2D eigenvalue weighted by Crippen LogP contribution is -2.62. The number of nitrogens with one attached hydrogen (secondary N) is 14. The smallest absolute Gasteiger partial charge is 0.322 e. The highest BCUT2D eigenvalue weighted by atomic mass is 35.5. The van der Waals surface area contributed by atoms with Crippen LogP contribution in [0.1, 0.15) is 114 Å². The summed E-state index contributed by atoms with van der Waals surface area (Å²) in [5.41, 5.74) is 13.6. The number of aliphatic hydroxyl groups is 1. The van der Waals surface area contributed by atoms with Crippen LogP contribution in [-0.2, 0) is 94.4 Å². The summed E-state index contributed by atoms with van der Waals surface area (Å²) in [6, 6.07) is 17.3. The molecular weight excluding hydrogens is 1530 g/mol. The molecule has 6 aromatic rings. The number of aromatic nitrogens is 1. The molecule has 0 bridgehead atoms. The van der Waals surface area contributed by atoms with Crippen LogP contribution in [0.4, 0.5) is 21.0 Å². The molecule has 2 aliphatic rings. The van der Waals surface area contributed by atoms with Gasteiger partial charge in [0.1, 0.15) is 66.5 Å². The van der Waals surface area contributed by atoms with Gasteiger partial charge in [0.2, 0.25) is 76.8 Å². The number of primary amides is 2. The van der Waals surface area contributed by atoms with Gasteiger partial charge in [-0.05, 0) is 139 Å². The van der Waals surface area contributed by atoms with Crippen molar-refractivity contribution in [3.8, 4) is 0 Å². The average Bonchev–Trinajstić information content (AvgIpc) is 1.81. The van der Waals surface area contributed by atoms with Gasteiger partial charge < -0.3 is 90.6 Å². The maximum Gasteiger partial charge on any atom is 0.322 e. The van der Waals surface area contributed by atoms with E-state index in [9.17, 15) is 62.6 Å². The predicted molar refractivity (Wildman–Crippen MR) is 434 cm³/mol. The van der Waals surface area contributed by atoms with Gasteiger partial charge in [0.05, 0.1) is 13.0 Å². The zero-order valence-electron chi connectivity index (χ0n) is 65.9. The fourth-order valence-electron chi connectivity index (χ4n) is 13.4. The Morgan fingerprint density at radius 2 is 1.03 bits per heavy atom. The largest absolute Gasteiger partial charge is 0.394 e. The lowest BCUT2D eigenvalue weighted by atomic mass is 9.99. The van der Waals surface area contributed by atoms with E-state index in [1.807, 2.05) is 61.6 Å². The van der Waals surface area contributed by atoms with Crippen molar-refractivity contribution in [1.82, 2.24) is 73.7 Å². The maximum absolute atomic E-state index is 15.5. The molecule has 2 fully saturated rings. The summed E-state index contributed by atoms with van der Waals surface area (Å²) in [6.45, 7) is 9.74. The van der Waals surface area contributed by atoms with Crippen molar-refractivity contribution < 1.29 is 77.0 Å². The second-order valence-corrected chi connectivity index (χ2v) is 30.2. The molecule has 11 atom stereocenters. The van der Waals surface area contributed by atoms with Crippen molar-refractivity contribution in [3.63, 3.8) is 0 Å². The Kier molecular flexibility index (Phi) is 33.8. The van der Waals surface area contributed by atoms with Gasteiger partial charge in [-0.25, -0.2) is 9.59 Å². The second kappa shape index (κ2) is 43.9. The van der Waals surface area contributed by atoms with Crippen LogP contribution in [0.2, 0.25) is 5.02 Å². The van der Waals surface area contributed by atoms with E-state index in [1.54, 1.807) is 50.2 Å². The van der Waals surface area contributed by atoms with Crippen LogP contribution in [0, 0.1) is 5.92 Å². The number of carbonyl (C=O) groups is 15. The third-order valence-corrected chi connectivity index (χ3v) is 19.7. The van der Waals surface area contributed by atoms with E-state index < -0.39 is 168 Å². The van der Waals surface area contributed by atoms with Crippen molar-refractivity contribution in [1.29, 1.82) is 0 Å². The number of aliphatic hydroxyl groups excluding tert-OH is 1. The third-order valence-electron chi connectivity index (χ3n) is 19.4. The lowest BCUT2D eigenvalue weighted by molar-refractivity contribution is -0.142. The molecule has 5 aromatic carbocycles. The number of unbranched alkanes of at least 4 members (excludes halogenated alkanes) is 1. The van der Waals surface area contributed by atoms with E-state index in [0.29, 0.717) is 53.1 Å². The molecule has 2 saturated heterocycles. The maximum atomic E-state index is 15.5. The number of amides is 17. The number of imide groups is 1. The van der Waals surface area contributed by atoms with Gasteiger partial charge in [-0.3, -0.25) is 72.6 Å². The van der Waals surface area contributed by atoms with Crippen LogP contribution in [-0.4, -0.2) is 196 Å². The summed E-state index contributed by atoms with van der Waals surface area (Å²) in [4.78, 5) is 213. The minimum Gasteiger partial charge on any atom is -0.394 e. The number of carbonyl (C=O) groups excluding carboxylic acids is 15. The van der Waals surface area contributed by atoms with Gasteiger partial charge in [0.25, 0.3) is 0 Å². The zero-order valence-corrected chi connectivity index (χ0v) is 66.6. The number of urea groups is 2. The van der Waals surface area contributed by atoms with E-state index in [4.69, 9.17) is 23.1 Å². The highest BCUT2D eigenvalue weighted by Gasteiger charge is 2.41. The molecule has 0 saturated carbocycles. The summed E-state index contributed by atoms with van der Waals surface area (Å²) in [5.74, 6) is -11.0. The summed E-state index contributed by atoms with van der Waals surface area (Å²) < 4.78 is 0. The Bertz CT molecular complexity index is 4520. The molecule has 2 aliphatic heterocycles. The molecule has 3 heterocycles. The van der Waals surface area contributed by atoms with Crippen LogP contribution in [0.5, 0.6) is 0 Å². The minimum absolute atomic E-state index is 0.00410. The van der Waals surface area contributed by atoms with Gasteiger partial charge in [-0.1, -0.05) is 124 Å². The fraction of sp³-hybridized carbons (Fsp3) is 0.415. The van der Waals surface area contributed by atoms with Gasteiger partial charge in [0.15, 0.2) is 0 Å². The van der Waals surface area contributed by atoms with Crippen molar-refractivity contribution in [2.24, 2.45) is 17.4 Å². The number of fused-ring (bicyclic) bond motifs is 1. The molecule has 0 aliphatic carbocycles. The van der Waals surface area contributed by atoms with Gasteiger partial charge >= 0.3 is 12.1 Å². The highest BCUT2D eigenvalue weighted by molar-refractivity contribution is 6.30. The third kappa shape index (κ3) is 28.5. The van der Waals surface area contributed by atoms with Gasteiger partial charge in [-0.2, -0.15) is 0 Å². The topological polar surface area (TPSA) is 513 Å². The van der Waals surface area contributed by atoms with Crippen molar-refractivity contribution in [2.75, 3.05) is 30.3 Å². The first kappa shape index (κ1) is 90.1. The van der Waals surface area contributed by atoms with Crippen LogP contribution < -0.4 is 85.9 Å². The monoisotopic (exact) mass is 1630 g/mol. The number of nitrogens with zero attached hydrogens (tertiary/aromatic N) is 2. The zero-order chi connectivity index (χ0) is 85.0. The van der Waals surface area contributed by atoms with Crippen LogP contribution in [0.3, 0.4) is 0 Å². The fourth-order valence-corrected chi connectivity index (χ4v) is 13.5. The number of rotatable bonds is 41. The predicted octanol–water partition coefficient (Wildman–Crippen LogP) is 1.51. The normalized spacial score (nSPS) is 16.1. The first-order chi connectivity index (χ1) is 55.8. The van der Waals surface area contributed by atoms with Crippen molar-refractivity contribution in [2.45, 2.75) is 191 Å². The quantitative estimate of drug-likeness (QED) is 0.0242. The number of hydrogen-bond acceptors (Lipinski definition) is 18. The van der Waals surface area contributed by atoms with E-state index >= 15 is 14.4 Å². The summed E-state index contributed by atoms with van der Waals surface area (Å²) >= 11 is 6.27. The number of likely N-dealkylation sites (tertiary alicyclic amines) is 1. The molecule has 19 N–H and O–H groups in total. The highest BCUT2D eigenvalue weighted by Crippen LogP contribution is 2.24. The van der Waals surface area contributed by atoms with E-state index in [0.717, 1.165) is 10.8 Å². The first-order valence-electron chi connectivity index (χ1n) is 38.7. The molecule has 35 heteroatoms. The van der Waals surface area contributed by atoms with Gasteiger partial charge in [-0.15, -0.1) is 0 Å². The molecular formula is C82H103ClN18O16. The Morgan fingerprint density at radius 1 is 0.538 bits per heavy atom. The standard InChI is InChI=1S/C82H103ClN18O16/c1-45(2)35-60(72(107)92-59(16-9-10-33-87-46(3)4)80(115)101-34-12-17-68(101)79(114)88-47(5)70(84)105)93-74(109)63(38-51-23-30-58(31-24-51)91-81(85)116)95-76(111)64(39-50-21-28-57(29-22-50)90-71(106)66-42-69(104)100-82(117)99-66)97-78(113)67(44-102)98-77(112)65(41-53-13-11-32-86-43-53)96-75(110)62(37-49-19-26-56(83)27-20-49)94-73(108)61(89-48(6)103)40-52-18-25-54-14-7-8-15-55(54)36-52/h7-8,11,13-15,18-32,36,43,45-47,59-68,87,102H,9-10,12,16-17,33-35,37-42,44H2,1-6H3,(H2,84,105)(H,88,114)(H,89,103)(H,90,106)(H,92,107)(H,93,109)(H,94,108)(H,95,111)(H,96,110)(H,97,113)(H,98,112)(H3,85,91,116)(H2,99,100,104,117)/t47-,59+,60+,61-,62-,63-,64+,65-,66-,67+,68+/m1/s1.